The number of rotatable bonds is 10. The first kappa shape index (κ1) is 22.0. The Hall–Kier alpha value is -2.29. The first-order chi connectivity index (χ1) is 13.4. The first-order valence-corrected chi connectivity index (χ1v) is 10.4. The molecule has 9 heteroatoms. The van der Waals surface area contributed by atoms with Crippen LogP contribution in [-0.2, 0) is 21.2 Å². The molecule has 7 nitrogen and oxygen atoms in total. The van der Waals surface area contributed by atoms with Gasteiger partial charge in [-0.2, -0.15) is 0 Å². The van der Waals surface area contributed by atoms with Crippen molar-refractivity contribution >= 4 is 27.5 Å². The molecule has 2 aromatic rings. The predicted molar refractivity (Wildman–Crippen MR) is 108 cm³/mol. The summed E-state index contributed by atoms with van der Waals surface area (Å²) in [5.41, 5.74) is 0.987. The smallest absolute Gasteiger partial charge is 0.240 e. The van der Waals surface area contributed by atoms with Crippen molar-refractivity contribution in [2.45, 2.75) is 17.7 Å². The van der Waals surface area contributed by atoms with Gasteiger partial charge in [-0.1, -0.05) is 17.7 Å². The number of sulfonamides is 1. The normalized spacial score (nSPS) is 11.1. The van der Waals surface area contributed by atoms with Gasteiger partial charge in [0, 0.05) is 24.5 Å². The zero-order valence-electron chi connectivity index (χ0n) is 15.7. The lowest BCUT2D eigenvalue weighted by Crippen LogP contribution is -2.31. The average Bonchev–Trinajstić information content (AvgIpc) is 2.68. The predicted octanol–water partition coefficient (Wildman–Crippen LogP) is 2.38. The van der Waals surface area contributed by atoms with Gasteiger partial charge in [-0.25, -0.2) is 13.1 Å². The lowest BCUT2D eigenvalue weighted by Gasteiger charge is -2.10. The number of carbonyl (C=O) groups is 1. The zero-order valence-corrected chi connectivity index (χ0v) is 17.3. The van der Waals surface area contributed by atoms with E-state index in [0.29, 0.717) is 29.5 Å². The van der Waals surface area contributed by atoms with Crippen molar-refractivity contribution in [3.05, 3.63) is 53.1 Å². The Bertz CT molecular complexity index is 901. The van der Waals surface area contributed by atoms with Crippen LogP contribution in [0.15, 0.2) is 47.4 Å². The van der Waals surface area contributed by atoms with E-state index in [-0.39, 0.29) is 23.8 Å². The van der Waals surface area contributed by atoms with Crippen LogP contribution in [0.2, 0.25) is 5.02 Å². The monoisotopic (exact) mass is 426 g/mol. The highest BCUT2D eigenvalue weighted by Gasteiger charge is 2.14. The van der Waals surface area contributed by atoms with Crippen LogP contribution in [0.3, 0.4) is 0 Å². The van der Waals surface area contributed by atoms with Crippen LogP contribution >= 0.6 is 11.6 Å². The van der Waals surface area contributed by atoms with Crippen molar-refractivity contribution in [2.75, 3.05) is 27.3 Å². The second-order valence-electron chi connectivity index (χ2n) is 5.89. The van der Waals surface area contributed by atoms with Crippen molar-refractivity contribution < 1.29 is 22.7 Å². The van der Waals surface area contributed by atoms with Crippen LogP contribution in [0.5, 0.6) is 11.5 Å². The van der Waals surface area contributed by atoms with E-state index in [1.807, 2.05) is 18.2 Å². The number of halogens is 1. The first-order valence-electron chi connectivity index (χ1n) is 8.58. The number of carbonyl (C=O) groups excluding carboxylic acids is 1. The van der Waals surface area contributed by atoms with Gasteiger partial charge in [0.05, 0.1) is 19.1 Å². The van der Waals surface area contributed by atoms with E-state index in [1.54, 1.807) is 14.2 Å². The van der Waals surface area contributed by atoms with Gasteiger partial charge in [0.1, 0.15) is 0 Å². The van der Waals surface area contributed by atoms with E-state index >= 15 is 0 Å². The van der Waals surface area contributed by atoms with Gasteiger partial charge in [-0.15, -0.1) is 0 Å². The number of benzene rings is 2. The summed E-state index contributed by atoms with van der Waals surface area (Å²) < 4.78 is 37.1. The Balaban J connectivity index is 1.75. The second-order valence-corrected chi connectivity index (χ2v) is 8.09. The van der Waals surface area contributed by atoms with Crippen LogP contribution in [0.4, 0.5) is 0 Å². The molecular weight excluding hydrogens is 404 g/mol. The molecule has 0 fully saturated rings. The van der Waals surface area contributed by atoms with Gasteiger partial charge in [0.15, 0.2) is 11.5 Å². The lowest BCUT2D eigenvalue weighted by atomic mass is 10.1. The van der Waals surface area contributed by atoms with Gasteiger partial charge in [0.2, 0.25) is 15.9 Å². The van der Waals surface area contributed by atoms with Gasteiger partial charge >= 0.3 is 0 Å². The summed E-state index contributed by atoms with van der Waals surface area (Å²) >= 11 is 5.75. The second kappa shape index (κ2) is 10.3. The summed E-state index contributed by atoms with van der Waals surface area (Å²) in [5, 5.41) is 3.22. The van der Waals surface area contributed by atoms with Gasteiger partial charge < -0.3 is 14.8 Å². The van der Waals surface area contributed by atoms with E-state index < -0.39 is 10.0 Å². The maximum atomic E-state index is 12.1. The average molecular weight is 427 g/mol. The van der Waals surface area contributed by atoms with Crippen LogP contribution in [-0.4, -0.2) is 41.6 Å². The fraction of sp³-hybridized carbons (Fsp3) is 0.316. The van der Waals surface area contributed by atoms with Crippen molar-refractivity contribution in [3.8, 4) is 11.5 Å². The molecule has 0 saturated carbocycles. The van der Waals surface area contributed by atoms with Crippen LogP contribution in [0.25, 0.3) is 0 Å². The SMILES string of the molecule is COc1ccc(CCNC(=O)CCNS(=O)(=O)c2ccc(Cl)cc2)cc1OC. The topological polar surface area (TPSA) is 93.7 Å². The van der Waals surface area contributed by atoms with E-state index in [4.69, 9.17) is 21.1 Å². The molecule has 2 rings (SSSR count). The Labute approximate surface area is 170 Å². The molecule has 0 aliphatic carbocycles. The highest BCUT2D eigenvalue weighted by molar-refractivity contribution is 7.89. The van der Waals surface area contributed by atoms with Crippen molar-refractivity contribution in [3.63, 3.8) is 0 Å². The molecule has 2 N–H and O–H groups in total. The molecule has 0 aliphatic rings. The van der Waals surface area contributed by atoms with Gasteiger partial charge in [-0.05, 0) is 48.4 Å². The van der Waals surface area contributed by atoms with Crippen LogP contribution in [0, 0.1) is 0 Å². The largest absolute Gasteiger partial charge is 0.493 e. The maximum absolute atomic E-state index is 12.1. The highest BCUT2D eigenvalue weighted by Crippen LogP contribution is 2.27. The van der Waals surface area contributed by atoms with E-state index in [1.165, 1.54) is 24.3 Å². The number of amides is 1. The Morgan fingerprint density at radius 1 is 1.00 bits per heavy atom. The van der Waals surface area contributed by atoms with Crippen molar-refractivity contribution in [1.29, 1.82) is 0 Å². The van der Waals surface area contributed by atoms with Gasteiger partial charge in [0.25, 0.3) is 0 Å². The minimum Gasteiger partial charge on any atom is -0.493 e. The number of methoxy groups -OCH3 is 2. The molecule has 0 saturated heterocycles. The number of hydrogen-bond donors (Lipinski definition) is 2. The number of nitrogens with one attached hydrogen (secondary N) is 2. The number of hydrogen-bond acceptors (Lipinski definition) is 5. The van der Waals surface area contributed by atoms with Crippen LogP contribution < -0.4 is 19.5 Å². The van der Waals surface area contributed by atoms with Gasteiger partial charge in [-0.3, -0.25) is 4.79 Å². The molecule has 152 valence electrons. The third kappa shape index (κ3) is 6.40. The molecule has 0 aliphatic heterocycles. The molecule has 2 aromatic carbocycles. The van der Waals surface area contributed by atoms with Crippen LogP contribution in [0.1, 0.15) is 12.0 Å². The fourth-order valence-corrected chi connectivity index (χ4v) is 3.62. The quantitative estimate of drug-likeness (QED) is 0.608. The third-order valence-corrected chi connectivity index (χ3v) is 5.68. The minimum atomic E-state index is -3.66. The minimum absolute atomic E-state index is 0.00710. The third-order valence-electron chi connectivity index (χ3n) is 3.95. The standard InChI is InChI=1S/C19H23ClN2O5S/c1-26-17-8-3-14(13-18(17)27-2)9-11-21-19(23)10-12-22-28(24,25)16-6-4-15(20)5-7-16/h3-8,13,22H,9-12H2,1-2H3,(H,21,23). The highest BCUT2D eigenvalue weighted by atomic mass is 35.5. The summed E-state index contributed by atoms with van der Waals surface area (Å²) in [7, 11) is -0.533. The molecule has 0 bridgehead atoms. The fourth-order valence-electron chi connectivity index (χ4n) is 2.47. The Morgan fingerprint density at radius 2 is 1.68 bits per heavy atom. The molecule has 0 heterocycles. The van der Waals surface area contributed by atoms with Crippen molar-refractivity contribution in [2.24, 2.45) is 0 Å². The lowest BCUT2D eigenvalue weighted by molar-refractivity contribution is -0.120. The molecule has 0 spiro atoms. The summed E-state index contributed by atoms with van der Waals surface area (Å²) in [6.45, 7) is 0.436. The van der Waals surface area contributed by atoms with E-state index in [0.717, 1.165) is 5.56 Å². The summed E-state index contributed by atoms with van der Waals surface area (Å²) in [6, 6.07) is 11.4. The molecule has 0 radical (unpaired) electrons. The summed E-state index contributed by atoms with van der Waals surface area (Å²) in [5.74, 6) is 1.03. The maximum Gasteiger partial charge on any atom is 0.240 e. The molecule has 0 atom stereocenters. The molecule has 0 unspecified atom stereocenters. The van der Waals surface area contributed by atoms with E-state index in [2.05, 4.69) is 10.0 Å². The molecule has 1 amide bonds. The Kier molecular flexibility index (Phi) is 8.10. The Morgan fingerprint density at radius 3 is 2.32 bits per heavy atom. The molecule has 0 aromatic heterocycles. The van der Waals surface area contributed by atoms with E-state index in [9.17, 15) is 13.2 Å². The molecular formula is C19H23ClN2O5S. The summed E-state index contributed by atoms with van der Waals surface area (Å²) in [6.07, 6.45) is 0.654. The summed E-state index contributed by atoms with van der Waals surface area (Å²) in [4.78, 5) is 12.0. The number of ether oxygens (including phenoxy) is 2. The zero-order chi connectivity index (χ0) is 20.6. The van der Waals surface area contributed by atoms with Crippen molar-refractivity contribution in [1.82, 2.24) is 10.0 Å². The molecule has 28 heavy (non-hydrogen) atoms.